The molecule has 0 aliphatic rings. The fraction of sp³-hybridized carbons (Fsp3) is 0. The number of aromatic nitrogens is 2. The summed E-state index contributed by atoms with van der Waals surface area (Å²) in [5.74, 6) is 0. The van der Waals surface area contributed by atoms with E-state index in [0.717, 1.165) is 5.39 Å². The van der Waals surface area contributed by atoms with E-state index in [1.54, 1.807) is 17.0 Å². The third-order valence-electron chi connectivity index (χ3n) is 1.37. The molecule has 0 aliphatic heterocycles. The summed E-state index contributed by atoms with van der Waals surface area (Å²) in [7, 11) is 0. The first-order valence-electron chi connectivity index (χ1n) is 2.83. The zero-order chi connectivity index (χ0) is 6.97. The number of rotatable bonds is 1. The van der Waals surface area contributed by atoms with E-state index >= 15 is 0 Å². The zero-order valence-corrected chi connectivity index (χ0v) is 5.11. The normalized spacial score (nSPS) is 10.4. The summed E-state index contributed by atoms with van der Waals surface area (Å²) in [6.45, 7) is 0. The summed E-state index contributed by atoms with van der Waals surface area (Å²) in [4.78, 5) is 0. The van der Waals surface area contributed by atoms with E-state index in [1.165, 1.54) is 6.34 Å². The Morgan fingerprint density at radius 2 is 2.60 bits per heavy atom. The van der Waals surface area contributed by atoms with E-state index in [4.69, 9.17) is 9.93 Å². The molecule has 2 aromatic heterocycles. The minimum Gasteiger partial charge on any atom is -0.337 e. The molecule has 0 atom stereocenters. The molecule has 0 fully saturated rings. The Bertz CT molecular complexity index is 360. The third-order valence-corrected chi connectivity index (χ3v) is 1.37. The van der Waals surface area contributed by atoms with Gasteiger partial charge in [0.25, 0.3) is 0 Å². The third kappa shape index (κ3) is 0.500. The molecule has 0 radical (unpaired) electrons. The fourth-order valence-electron chi connectivity index (χ4n) is 0.881. The summed E-state index contributed by atoms with van der Waals surface area (Å²) in [5.41, 5.74) is 0.620. The highest BCUT2D eigenvalue weighted by Gasteiger charge is 2.00. The maximum Gasteiger partial charge on any atom is 0.243 e. The van der Waals surface area contributed by atoms with Gasteiger partial charge < -0.3 is 4.52 Å². The maximum absolute atomic E-state index is 6.93. The van der Waals surface area contributed by atoms with E-state index in [-0.39, 0.29) is 0 Å². The molecule has 10 heavy (non-hydrogen) atoms. The maximum atomic E-state index is 6.93. The largest absolute Gasteiger partial charge is 0.337 e. The number of nitrogens with zero attached hydrogens (tertiary/aromatic N) is 2. The highest BCUT2D eigenvalue weighted by atomic mass is 16.5. The first-order valence-corrected chi connectivity index (χ1v) is 2.83. The van der Waals surface area contributed by atoms with E-state index in [2.05, 4.69) is 5.16 Å². The Labute approximate surface area is 56.5 Å². The van der Waals surface area contributed by atoms with Crippen molar-refractivity contribution in [2.75, 3.05) is 0 Å². The molecule has 0 spiro atoms. The predicted octanol–water partition coefficient (Wildman–Crippen LogP) is 1.08. The van der Waals surface area contributed by atoms with Crippen LogP contribution < -0.4 is 0 Å². The van der Waals surface area contributed by atoms with Crippen molar-refractivity contribution < 1.29 is 4.52 Å². The number of nitrogens with one attached hydrogen (secondary N) is 1. The zero-order valence-electron chi connectivity index (χ0n) is 5.11. The molecule has 1 N–H and O–H groups in total. The van der Waals surface area contributed by atoms with Gasteiger partial charge in [-0.3, -0.25) is 9.98 Å². The molecule has 4 heteroatoms. The second kappa shape index (κ2) is 1.70. The quantitative estimate of drug-likeness (QED) is 0.470. The van der Waals surface area contributed by atoms with Crippen LogP contribution in [0.1, 0.15) is 0 Å². The number of hydrogen-bond acceptors (Lipinski definition) is 3. The highest BCUT2D eigenvalue weighted by molar-refractivity contribution is 5.80. The van der Waals surface area contributed by atoms with Gasteiger partial charge in [-0.2, -0.15) is 0 Å². The first-order chi connectivity index (χ1) is 4.92. The van der Waals surface area contributed by atoms with Crippen LogP contribution in [0.4, 0.5) is 0 Å². The minimum atomic E-state index is 0.620. The second-order valence-electron chi connectivity index (χ2n) is 1.94. The molecule has 50 valence electrons. The predicted molar refractivity (Wildman–Crippen MR) is 36.2 cm³/mol. The lowest BCUT2D eigenvalue weighted by Gasteiger charge is -1.84. The summed E-state index contributed by atoms with van der Waals surface area (Å²) in [6.07, 6.45) is 4.55. The van der Waals surface area contributed by atoms with Gasteiger partial charge in [0.2, 0.25) is 5.71 Å². The van der Waals surface area contributed by atoms with Gasteiger partial charge in [-0.25, -0.2) is 0 Å². The van der Waals surface area contributed by atoms with Crippen LogP contribution in [0, 0.1) is 5.41 Å². The lowest BCUT2D eigenvalue weighted by molar-refractivity contribution is 0.445. The molecule has 4 nitrogen and oxygen atoms in total. The standard InChI is InChI=1S/C6H5N3O/c7-4-9-2-1-5-3-8-10-6(5)9/h1-4,7H. The van der Waals surface area contributed by atoms with Gasteiger partial charge in [-0.1, -0.05) is 5.16 Å². The van der Waals surface area contributed by atoms with Crippen molar-refractivity contribution >= 4 is 17.4 Å². The van der Waals surface area contributed by atoms with Crippen molar-refractivity contribution in [3.63, 3.8) is 0 Å². The van der Waals surface area contributed by atoms with Crippen LogP contribution >= 0.6 is 0 Å². The van der Waals surface area contributed by atoms with Crippen molar-refractivity contribution in [3.8, 4) is 0 Å². The van der Waals surface area contributed by atoms with Gasteiger partial charge >= 0.3 is 0 Å². The monoisotopic (exact) mass is 135 g/mol. The summed E-state index contributed by atoms with van der Waals surface area (Å²) in [5, 5.41) is 11.4. The average molecular weight is 135 g/mol. The van der Waals surface area contributed by atoms with Crippen molar-refractivity contribution in [1.29, 1.82) is 5.41 Å². The average Bonchev–Trinajstić information content (AvgIpc) is 2.44. The molecule has 0 bridgehead atoms. The highest BCUT2D eigenvalue weighted by Crippen LogP contribution is 2.11. The Kier molecular flexibility index (Phi) is 0.887. The van der Waals surface area contributed by atoms with Gasteiger partial charge in [-0.05, 0) is 6.07 Å². The molecule has 0 amide bonds. The van der Waals surface area contributed by atoms with E-state index in [0.29, 0.717) is 5.71 Å². The van der Waals surface area contributed by atoms with E-state index in [1.807, 2.05) is 6.07 Å². The van der Waals surface area contributed by atoms with Crippen LogP contribution in [0.25, 0.3) is 11.1 Å². The first kappa shape index (κ1) is 5.22. The van der Waals surface area contributed by atoms with Crippen molar-refractivity contribution in [2.45, 2.75) is 0 Å². The second-order valence-corrected chi connectivity index (χ2v) is 1.94. The Morgan fingerprint density at radius 3 is 3.40 bits per heavy atom. The van der Waals surface area contributed by atoms with Crippen LogP contribution in [0.5, 0.6) is 0 Å². The Morgan fingerprint density at radius 1 is 1.70 bits per heavy atom. The molecule has 0 aromatic carbocycles. The Hall–Kier alpha value is -1.58. The lowest BCUT2D eigenvalue weighted by Crippen LogP contribution is -1.87. The van der Waals surface area contributed by atoms with Gasteiger partial charge in [-0.15, -0.1) is 0 Å². The molecule has 2 rings (SSSR count). The summed E-state index contributed by atoms with van der Waals surface area (Å²) < 4.78 is 6.40. The van der Waals surface area contributed by atoms with Crippen LogP contribution in [0.3, 0.4) is 0 Å². The smallest absolute Gasteiger partial charge is 0.243 e. The Balaban J connectivity index is 2.88. The van der Waals surface area contributed by atoms with Gasteiger partial charge in [0.05, 0.1) is 17.9 Å². The van der Waals surface area contributed by atoms with Gasteiger partial charge in [0.1, 0.15) is 0 Å². The van der Waals surface area contributed by atoms with Crippen LogP contribution in [0.15, 0.2) is 23.0 Å². The molecule has 0 unspecified atom stereocenters. The molecular formula is C6H5N3O. The summed E-state index contributed by atoms with van der Waals surface area (Å²) >= 11 is 0. The van der Waals surface area contributed by atoms with Crippen LogP contribution in [-0.4, -0.2) is 16.1 Å². The van der Waals surface area contributed by atoms with Gasteiger partial charge in [0, 0.05) is 6.20 Å². The number of fused-ring (bicyclic) bond motifs is 1. The SMILES string of the molecule is N=Cn1ccc2cnoc21. The molecule has 0 saturated carbocycles. The topological polar surface area (TPSA) is 54.8 Å². The fourth-order valence-corrected chi connectivity index (χ4v) is 0.881. The lowest BCUT2D eigenvalue weighted by atomic mass is 10.5. The van der Waals surface area contributed by atoms with Gasteiger partial charge in [0.15, 0.2) is 0 Å². The van der Waals surface area contributed by atoms with E-state index in [9.17, 15) is 0 Å². The minimum absolute atomic E-state index is 0.620. The molecule has 2 heterocycles. The molecule has 0 saturated heterocycles. The summed E-state index contributed by atoms with van der Waals surface area (Å²) in [6, 6.07) is 1.84. The van der Waals surface area contributed by atoms with Crippen molar-refractivity contribution in [2.24, 2.45) is 0 Å². The van der Waals surface area contributed by atoms with Crippen molar-refractivity contribution in [3.05, 3.63) is 18.5 Å². The molecular weight excluding hydrogens is 130 g/mol. The van der Waals surface area contributed by atoms with Crippen LogP contribution in [0.2, 0.25) is 0 Å². The van der Waals surface area contributed by atoms with E-state index < -0.39 is 0 Å². The van der Waals surface area contributed by atoms with Crippen molar-refractivity contribution in [1.82, 2.24) is 9.72 Å². The number of hydrogen-bond donors (Lipinski definition) is 1. The molecule has 0 aliphatic carbocycles. The molecule has 2 aromatic rings. The van der Waals surface area contributed by atoms with Crippen LogP contribution in [-0.2, 0) is 0 Å².